The van der Waals surface area contributed by atoms with Gasteiger partial charge in [0, 0.05) is 28.8 Å². The molecule has 4 aromatic rings. The summed E-state index contributed by atoms with van der Waals surface area (Å²) in [5.74, 6) is 1.22. The summed E-state index contributed by atoms with van der Waals surface area (Å²) in [6.45, 7) is 2.32. The largest absolute Gasteiger partial charge is 0.406 e. The lowest BCUT2D eigenvalue weighted by Crippen LogP contribution is -2.00. The van der Waals surface area contributed by atoms with Crippen LogP contribution in [0.2, 0.25) is 0 Å². The van der Waals surface area contributed by atoms with Gasteiger partial charge in [-0.1, -0.05) is 42.4 Å². The molecule has 2 aromatic heterocycles. The molecule has 0 saturated heterocycles. The van der Waals surface area contributed by atoms with Gasteiger partial charge in [-0.15, -0.1) is 16.9 Å². The maximum atomic E-state index is 9.08. The van der Waals surface area contributed by atoms with Crippen molar-refractivity contribution in [3.8, 4) is 16.9 Å². The third kappa shape index (κ3) is 4.49. The van der Waals surface area contributed by atoms with Crippen LogP contribution in [0, 0.1) is 0 Å². The number of thioether (sulfide) groups is 1. The second-order valence-electron chi connectivity index (χ2n) is 6.25. The molecule has 0 aliphatic carbocycles. The highest BCUT2D eigenvalue weighted by Gasteiger charge is 2.14. The molecule has 0 spiro atoms. The molecule has 2 aromatic carbocycles. The van der Waals surface area contributed by atoms with Gasteiger partial charge in [0.05, 0.1) is 11.4 Å². The first-order valence-electron chi connectivity index (χ1n) is 9.31. The molecule has 0 atom stereocenters. The number of rotatable bonds is 8. The molecule has 0 fully saturated rings. The fourth-order valence-corrected chi connectivity index (χ4v) is 3.59. The highest BCUT2D eigenvalue weighted by Crippen LogP contribution is 2.27. The minimum atomic E-state index is -0.284. The van der Waals surface area contributed by atoms with E-state index in [0.717, 1.165) is 28.3 Å². The predicted molar refractivity (Wildman–Crippen MR) is 113 cm³/mol. The SMILES string of the molecule is CCSc1ccc(-c2nn(-c3ccccc3)cc2CNc2nnc(CO)o2)cc1. The molecule has 0 aliphatic heterocycles. The third-order valence-corrected chi connectivity index (χ3v) is 5.18. The fourth-order valence-electron chi connectivity index (χ4n) is 2.93. The molecular formula is C21H21N5O2S. The zero-order valence-corrected chi connectivity index (χ0v) is 16.8. The molecule has 0 bridgehead atoms. The van der Waals surface area contributed by atoms with Crippen molar-refractivity contribution in [3.63, 3.8) is 0 Å². The molecule has 0 saturated carbocycles. The number of nitrogens with one attached hydrogen (secondary N) is 1. The summed E-state index contributed by atoms with van der Waals surface area (Å²) in [6.07, 6.45) is 2.00. The summed E-state index contributed by atoms with van der Waals surface area (Å²) in [7, 11) is 0. The molecule has 29 heavy (non-hydrogen) atoms. The Morgan fingerprint density at radius 3 is 2.55 bits per heavy atom. The van der Waals surface area contributed by atoms with Crippen LogP contribution < -0.4 is 5.32 Å². The second kappa shape index (κ2) is 8.93. The van der Waals surface area contributed by atoms with Crippen molar-refractivity contribution in [2.45, 2.75) is 25.0 Å². The van der Waals surface area contributed by atoms with Gasteiger partial charge in [0.25, 0.3) is 0 Å². The Bertz CT molecular complexity index is 1060. The average Bonchev–Trinajstić information content (AvgIpc) is 3.41. The van der Waals surface area contributed by atoms with E-state index in [1.807, 2.05) is 53.0 Å². The van der Waals surface area contributed by atoms with Gasteiger partial charge in [-0.2, -0.15) is 5.10 Å². The summed E-state index contributed by atoms with van der Waals surface area (Å²) in [6, 6.07) is 18.7. The summed E-state index contributed by atoms with van der Waals surface area (Å²) in [4.78, 5) is 1.24. The molecule has 2 N–H and O–H groups in total. The number of nitrogens with zero attached hydrogens (tertiary/aromatic N) is 4. The number of aliphatic hydroxyl groups is 1. The topological polar surface area (TPSA) is 89.0 Å². The van der Waals surface area contributed by atoms with Crippen molar-refractivity contribution in [1.29, 1.82) is 0 Å². The number of benzene rings is 2. The Morgan fingerprint density at radius 1 is 1.07 bits per heavy atom. The fraction of sp³-hybridized carbons (Fsp3) is 0.190. The molecular weight excluding hydrogens is 386 g/mol. The van der Waals surface area contributed by atoms with E-state index in [1.165, 1.54) is 4.90 Å². The van der Waals surface area contributed by atoms with Crippen molar-refractivity contribution < 1.29 is 9.52 Å². The first-order chi connectivity index (χ1) is 14.3. The maximum Gasteiger partial charge on any atom is 0.315 e. The quantitative estimate of drug-likeness (QED) is 0.424. The number of aromatic nitrogens is 4. The zero-order chi connectivity index (χ0) is 20.1. The maximum absolute atomic E-state index is 9.08. The number of hydrogen-bond donors (Lipinski definition) is 2. The summed E-state index contributed by atoms with van der Waals surface area (Å²) < 4.78 is 7.19. The number of hydrogen-bond acceptors (Lipinski definition) is 7. The lowest BCUT2D eigenvalue weighted by Gasteiger charge is -2.04. The first-order valence-corrected chi connectivity index (χ1v) is 10.3. The van der Waals surface area contributed by atoms with Crippen LogP contribution in [-0.2, 0) is 13.2 Å². The van der Waals surface area contributed by atoms with E-state index in [0.29, 0.717) is 6.54 Å². The molecule has 7 nitrogen and oxygen atoms in total. The van der Waals surface area contributed by atoms with E-state index >= 15 is 0 Å². The van der Waals surface area contributed by atoms with E-state index < -0.39 is 0 Å². The number of para-hydroxylation sites is 1. The average molecular weight is 407 g/mol. The lowest BCUT2D eigenvalue weighted by molar-refractivity contribution is 0.241. The van der Waals surface area contributed by atoms with Crippen LogP contribution in [0.25, 0.3) is 16.9 Å². The van der Waals surface area contributed by atoms with Gasteiger partial charge >= 0.3 is 6.01 Å². The summed E-state index contributed by atoms with van der Waals surface area (Å²) >= 11 is 1.81. The van der Waals surface area contributed by atoms with Crippen molar-refractivity contribution in [3.05, 3.63) is 72.2 Å². The Balaban J connectivity index is 1.64. The van der Waals surface area contributed by atoms with Crippen LogP contribution >= 0.6 is 11.8 Å². The predicted octanol–water partition coefficient (Wildman–Crippen LogP) is 4.14. The molecule has 0 radical (unpaired) electrons. The van der Waals surface area contributed by atoms with E-state index in [4.69, 9.17) is 14.6 Å². The van der Waals surface area contributed by atoms with Gasteiger partial charge in [-0.25, -0.2) is 4.68 Å². The molecule has 148 valence electrons. The monoisotopic (exact) mass is 407 g/mol. The molecule has 0 unspecified atom stereocenters. The summed E-state index contributed by atoms with van der Waals surface area (Å²) in [5, 5.41) is 24.7. The second-order valence-corrected chi connectivity index (χ2v) is 7.59. The van der Waals surface area contributed by atoms with Crippen LogP contribution in [-0.4, -0.2) is 30.8 Å². The zero-order valence-electron chi connectivity index (χ0n) is 15.9. The molecule has 4 rings (SSSR count). The van der Waals surface area contributed by atoms with Crippen LogP contribution in [0.3, 0.4) is 0 Å². The van der Waals surface area contributed by atoms with Gasteiger partial charge in [0.1, 0.15) is 6.61 Å². The van der Waals surface area contributed by atoms with Crippen LogP contribution in [0.15, 0.2) is 70.1 Å². The van der Waals surface area contributed by atoms with Crippen molar-refractivity contribution in [2.75, 3.05) is 11.1 Å². The lowest BCUT2D eigenvalue weighted by atomic mass is 10.1. The Labute approximate surface area is 172 Å². The van der Waals surface area contributed by atoms with E-state index in [1.54, 1.807) is 0 Å². The first kappa shape index (κ1) is 19.2. The Hall–Kier alpha value is -3.10. The van der Waals surface area contributed by atoms with Crippen molar-refractivity contribution in [1.82, 2.24) is 20.0 Å². The van der Waals surface area contributed by atoms with Crippen molar-refractivity contribution in [2.24, 2.45) is 0 Å². The van der Waals surface area contributed by atoms with Gasteiger partial charge in [-0.3, -0.25) is 0 Å². The van der Waals surface area contributed by atoms with Crippen LogP contribution in [0.1, 0.15) is 18.4 Å². The van der Waals surface area contributed by atoms with E-state index in [9.17, 15) is 0 Å². The molecule has 2 heterocycles. The molecule has 0 amide bonds. The normalized spacial score (nSPS) is 11.0. The minimum Gasteiger partial charge on any atom is -0.406 e. The van der Waals surface area contributed by atoms with E-state index in [-0.39, 0.29) is 18.5 Å². The Kier molecular flexibility index (Phi) is 5.92. The molecule has 8 heteroatoms. The van der Waals surface area contributed by atoms with Crippen molar-refractivity contribution >= 4 is 17.8 Å². The van der Waals surface area contributed by atoms with E-state index in [2.05, 4.69) is 46.7 Å². The third-order valence-electron chi connectivity index (χ3n) is 4.28. The standard InChI is InChI=1S/C21H21N5O2S/c1-2-29-18-10-8-15(9-11-18)20-16(12-22-21-24-23-19(14-27)28-21)13-26(25-20)17-6-4-3-5-7-17/h3-11,13,27H,2,12,14H2,1H3,(H,22,24). The molecule has 0 aliphatic rings. The van der Waals surface area contributed by atoms with Gasteiger partial charge in [-0.05, 0) is 30.0 Å². The number of aliphatic hydroxyl groups excluding tert-OH is 1. The minimum absolute atomic E-state index is 0.178. The smallest absolute Gasteiger partial charge is 0.315 e. The highest BCUT2D eigenvalue weighted by molar-refractivity contribution is 7.99. The van der Waals surface area contributed by atoms with Gasteiger partial charge in [0.15, 0.2) is 0 Å². The van der Waals surface area contributed by atoms with Crippen LogP contribution in [0.5, 0.6) is 0 Å². The number of anilines is 1. The highest BCUT2D eigenvalue weighted by atomic mass is 32.2. The van der Waals surface area contributed by atoms with Gasteiger partial charge in [0.2, 0.25) is 5.89 Å². The summed E-state index contributed by atoms with van der Waals surface area (Å²) in [5.41, 5.74) is 3.90. The Morgan fingerprint density at radius 2 is 1.86 bits per heavy atom. The van der Waals surface area contributed by atoms with Gasteiger partial charge < -0.3 is 14.8 Å². The van der Waals surface area contributed by atoms with Crippen LogP contribution in [0.4, 0.5) is 6.01 Å².